The summed E-state index contributed by atoms with van der Waals surface area (Å²) in [6, 6.07) is 7.83. The molecule has 30 heavy (non-hydrogen) atoms. The lowest BCUT2D eigenvalue weighted by Crippen LogP contribution is -2.48. The van der Waals surface area contributed by atoms with E-state index in [-0.39, 0.29) is 22.3 Å². The second kappa shape index (κ2) is 6.56. The van der Waals surface area contributed by atoms with E-state index in [1.54, 1.807) is 0 Å². The van der Waals surface area contributed by atoms with Gasteiger partial charge < -0.3 is 14.9 Å². The third-order valence-corrected chi connectivity index (χ3v) is 6.75. The summed E-state index contributed by atoms with van der Waals surface area (Å²) >= 11 is 0. The fourth-order valence-corrected chi connectivity index (χ4v) is 5.07. The molecular weight excluding hydrogens is 376 g/mol. The van der Waals surface area contributed by atoms with Crippen LogP contribution in [0.15, 0.2) is 35.3 Å². The number of H-pyrrole nitrogens is 2. The number of aromatic nitrogens is 3. The Kier molecular flexibility index (Phi) is 4.17. The topological polar surface area (TPSA) is 81.8 Å². The van der Waals surface area contributed by atoms with Crippen LogP contribution in [0.5, 0.6) is 0 Å². The van der Waals surface area contributed by atoms with Gasteiger partial charge in [-0.15, -0.1) is 0 Å². The number of nitrogens with zero attached hydrogens (tertiary/aromatic N) is 2. The Balaban J connectivity index is 1.50. The number of hydrogen-bond acceptors (Lipinski definition) is 3. The highest BCUT2D eigenvalue weighted by molar-refractivity contribution is 5.98. The van der Waals surface area contributed by atoms with Crippen molar-refractivity contribution in [2.75, 3.05) is 13.1 Å². The summed E-state index contributed by atoms with van der Waals surface area (Å²) in [5.74, 6) is 0.785. The minimum absolute atomic E-state index is 0.0116. The number of rotatable bonds is 1. The van der Waals surface area contributed by atoms with Gasteiger partial charge in [-0.05, 0) is 49.3 Å². The number of likely N-dealkylation sites (tertiary alicyclic amines) is 1. The summed E-state index contributed by atoms with van der Waals surface area (Å²) in [5, 5.41) is 1.10. The van der Waals surface area contributed by atoms with E-state index < -0.39 is 0 Å². The molecule has 2 aromatic heterocycles. The minimum Gasteiger partial charge on any atom is -0.361 e. The van der Waals surface area contributed by atoms with Crippen LogP contribution in [0, 0.1) is 0 Å². The summed E-state index contributed by atoms with van der Waals surface area (Å²) in [6.07, 6.45) is 5.40. The number of carbonyl (C=O) groups excluding carboxylic acids is 1. The zero-order valence-electron chi connectivity index (χ0n) is 17.8. The Morgan fingerprint density at radius 2 is 2.03 bits per heavy atom. The van der Waals surface area contributed by atoms with Crippen LogP contribution in [-0.2, 0) is 17.3 Å². The molecule has 1 spiro atoms. The lowest BCUT2D eigenvalue weighted by Gasteiger charge is -2.40. The van der Waals surface area contributed by atoms with Gasteiger partial charge in [-0.3, -0.25) is 9.59 Å². The summed E-state index contributed by atoms with van der Waals surface area (Å²) in [6.45, 7) is 7.56. The predicted molar refractivity (Wildman–Crippen MR) is 117 cm³/mol. The Bertz CT molecular complexity index is 1200. The molecule has 1 aliphatic carbocycles. The highest BCUT2D eigenvalue weighted by Gasteiger charge is 2.46. The molecule has 3 aromatic rings. The second-order valence-corrected chi connectivity index (χ2v) is 9.88. The number of fused-ring (bicyclic) bond motifs is 3. The van der Waals surface area contributed by atoms with Gasteiger partial charge in [0.05, 0.1) is 5.69 Å². The maximum Gasteiger partial charge on any atom is 0.254 e. The maximum atomic E-state index is 13.3. The molecule has 1 aliphatic heterocycles. The molecular formula is C24H28N4O2. The Morgan fingerprint density at radius 1 is 1.20 bits per heavy atom. The number of hydrogen-bond donors (Lipinski definition) is 2. The first kappa shape index (κ1) is 19.1. The molecule has 0 radical (unpaired) electrons. The number of piperidine rings is 1. The molecule has 2 aliphatic rings. The first-order valence-corrected chi connectivity index (χ1v) is 10.8. The molecule has 1 unspecified atom stereocenters. The minimum atomic E-state index is -0.229. The molecule has 0 bridgehead atoms. The zero-order chi connectivity index (χ0) is 21.1. The van der Waals surface area contributed by atoms with E-state index in [0.29, 0.717) is 12.1 Å². The molecule has 6 heteroatoms. The molecule has 1 fully saturated rings. The highest BCUT2D eigenvalue weighted by atomic mass is 16.2. The summed E-state index contributed by atoms with van der Waals surface area (Å²) in [7, 11) is 0. The van der Waals surface area contributed by atoms with Crippen molar-refractivity contribution >= 4 is 16.8 Å². The van der Waals surface area contributed by atoms with E-state index >= 15 is 0 Å². The summed E-state index contributed by atoms with van der Waals surface area (Å²) in [5.41, 5.74) is 2.96. The highest BCUT2D eigenvalue weighted by Crippen LogP contribution is 2.43. The molecule has 156 valence electrons. The predicted octanol–water partition coefficient (Wildman–Crippen LogP) is 3.67. The monoisotopic (exact) mass is 404 g/mol. The van der Waals surface area contributed by atoms with Crippen LogP contribution in [0.3, 0.4) is 0 Å². The van der Waals surface area contributed by atoms with Gasteiger partial charge in [0.1, 0.15) is 5.82 Å². The third-order valence-electron chi connectivity index (χ3n) is 6.75. The molecule has 2 N–H and O–H groups in total. The summed E-state index contributed by atoms with van der Waals surface area (Å²) in [4.78, 5) is 39.2. The van der Waals surface area contributed by atoms with Crippen molar-refractivity contribution in [2.45, 2.75) is 57.3 Å². The van der Waals surface area contributed by atoms with Gasteiger partial charge in [-0.1, -0.05) is 26.8 Å². The molecule has 5 rings (SSSR count). The van der Waals surface area contributed by atoms with Crippen molar-refractivity contribution in [1.29, 1.82) is 0 Å². The van der Waals surface area contributed by atoms with Crippen LogP contribution in [0.2, 0.25) is 0 Å². The van der Waals surface area contributed by atoms with Crippen molar-refractivity contribution in [2.24, 2.45) is 0 Å². The van der Waals surface area contributed by atoms with Crippen LogP contribution in [-0.4, -0.2) is 38.8 Å². The average Bonchev–Trinajstić information content (AvgIpc) is 3.32. The molecule has 1 amide bonds. The molecule has 1 aromatic carbocycles. The molecule has 1 saturated heterocycles. The molecule has 3 heterocycles. The van der Waals surface area contributed by atoms with Crippen LogP contribution in [0.1, 0.15) is 67.5 Å². The van der Waals surface area contributed by atoms with E-state index in [9.17, 15) is 9.59 Å². The smallest absolute Gasteiger partial charge is 0.254 e. The molecule has 6 nitrogen and oxygen atoms in total. The number of nitrogens with one attached hydrogen (secondary N) is 2. The van der Waals surface area contributed by atoms with Gasteiger partial charge in [0.2, 0.25) is 0 Å². The van der Waals surface area contributed by atoms with Crippen molar-refractivity contribution in [3.63, 3.8) is 0 Å². The largest absolute Gasteiger partial charge is 0.361 e. The van der Waals surface area contributed by atoms with Crippen molar-refractivity contribution < 1.29 is 4.79 Å². The maximum absolute atomic E-state index is 13.3. The van der Waals surface area contributed by atoms with Gasteiger partial charge in [0.25, 0.3) is 11.5 Å². The van der Waals surface area contributed by atoms with Crippen molar-refractivity contribution in [3.05, 3.63) is 63.5 Å². The van der Waals surface area contributed by atoms with Crippen molar-refractivity contribution in [1.82, 2.24) is 19.9 Å². The van der Waals surface area contributed by atoms with Crippen LogP contribution in [0.4, 0.5) is 0 Å². The van der Waals surface area contributed by atoms with Gasteiger partial charge in [0, 0.05) is 46.8 Å². The molecule has 0 saturated carbocycles. The second-order valence-electron chi connectivity index (χ2n) is 9.88. The van der Waals surface area contributed by atoms with E-state index in [0.717, 1.165) is 60.2 Å². The Morgan fingerprint density at radius 3 is 2.83 bits per heavy atom. The standard InChI is InChI=1S/C24H28N4O2/c1-23(2,3)22-26-19-17(20(29)27-22)7-10-24(19)9-4-12-28(14-24)21(30)16-6-5-15-8-11-25-18(15)13-16/h5-6,8,11,13,25H,4,7,9-10,12,14H2,1-3H3,(H,26,27,29). The zero-order valence-corrected chi connectivity index (χ0v) is 17.8. The fourth-order valence-electron chi connectivity index (χ4n) is 5.07. The summed E-state index contributed by atoms with van der Waals surface area (Å²) < 4.78 is 0. The first-order valence-electron chi connectivity index (χ1n) is 10.8. The van der Waals surface area contributed by atoms with E-state index in [1.165, 1.54) is 0 Å². The van der Waals surface area contributed by atoms with Gasteiger partial charge in [0.15, 0.2) is 0 Å². The van der Waals surface area contributed by atoms with E-state index in [2.05, 4.69) is 30.7 Å². The average molecular weight is 405 g/mol. The molecule has 1 atom stereocenters. The van der Waals surface area contributed by atoms with Crippen LogP contribution < -0.4 is 5.56 Å². The fraction of sp³-hybridized carbons (Fsp3) is 0.458. The van der Waals surface area contributed by atoms with Gasteiger partial charge in [-0.25, -0.2) is 4.98 Å². The van der Waals surface area contributed by atoms with Crippen LogP contribution in [0.25, 0.3) is 10.9 Å². The number of aromatic amines is 2. The third kappa shape index (κ3) is 2.97. The van der Waals surface area contributed by atoms with Gasteiger partial charge in [-0.2, -0.15) is 0 Å². The Labute approximate surface area is 175 Å². The van der Waals surface area contributed by atoms with E-state index in [1.807, 2.05) is 35.4 Å². The lowest BCUT2D eigenvalue weighted by molar-refractivity contribution is 0.0633. The van der Waals surface area contributed by atoms with E-state index in [4.69, 9.17) is 4.98 Å². The number of amides is 1. The quantitative estimate of drug-likeness (QED) is 0.649. The van der Waals surface area contributed by atoms with Crippen LogP contribution >= 0.6 is 0 Å². The normalized spacial score (nSPS) is 21.4. The van der Waals surface area contributed by atoms with Crippen molar-refractivity contribution in [3.8, 4) is 0 Å². The van der Waals surface area contributed by atoms with Gasteiger partial charge >= 0.3 is 0 Å². The number of benzene rings is 1. The first-order chi connectivity index (χ1) is 14.3. The lowest BCUT2D eigenvalue weighted by atomic mass is 9.77. The SMILES string of the molecule is CC(C)(C)c1nc2c(c(=O)[nH]1)CCC21CCCN(C(=O)c2ccc3cc[nH]c3c2)C1. The Hall–Kier alpha value is -2.89. The number of carbonyl (C=O) groups is 1.